The predicted molar refractivity (Wildman–Crippen MR) is 64.6 cm³/mol. The van der Waals surface area contributed by atoms with Gasteiger partial charge < -0.3 is 10.6 Å². The Morgan fingerprint density at radius 1 is 1.53 bits per heavy atom. The van der Waals surface area contributed by atoms with Crippen LogP contribution in [-0.2, 0) is 4.79 Å². The van der Waals surface area contributed by atoms with Crippen molar-refractivity contribution in [2.24, 2.45) is 5.92 Å². The van der Waals surface area contributed by atoms with Gasteiger partial charge in [-0.2, -0.15) is 0 Å². The van der Waals surface area contributed by atoms with Gasteiger partial charge in [-0.3, -0.25) is 4.79 Å². The highest BCUT2D eigenvalue weighted by atomic mass is 35.5. The first-order chi connectivity index (χ1) is 8.13. The van der Waals surface area contributed by atoms with Crippen LogP contribution in [0.4, 0.5) is 4.39 Å². The van der Waals surface area contributed by atoms with Gasteiger partial charge in [0.15, 0.2) is 0 Å². The van der Waals surface area contributed by atoms with Crippen LogP contribution in [0.1, 0.15) is 11.5 Å². The molecule has 2 rings (SSSR count). The molecule has 1 aromatic rings. The molecule has 1 aromatic carbocycles. The van der Waals surface area contributed by atoms with Crippen LogP contribution < -0.4 is 10.6 Å². The molecule has 2 atom stereocenters. The molecule has 0 saturated carbocycles. The van der Waals surface area contributed by atoms with Crippen LogP contribution >= 0.6 is 11.6 Å². The molecule has 0 unspecified atom stereocenters. The lowest BCUT2D eigenvalue weighted by molar-refractivity contribution is -0.124. The molecule has 1 aliphatic rings. The smallest absolute Gasteiger partial charge is 0.224 e. The number of carbonyl (C=O) groups excluding carboxylic acids is 1. The van der Waals surface area contributed by atoms with Gasteiger partial charge in [-0.05, 0) is 17.7 Å². The van der Waals surface area contributed by atoms with E-state index in [0.717, 1.165) is 0 Å². The average molecular weight is 257 g/mol. The Kier molecular flexibility index (Phi) is 3.64. The minimum atomic E-state index is -0.347. The average Bonchev–Trinajstić information content (AvgIpc) is 2.77. The minimum absolute atomic E-state index is 0.0608. The number of benzene rings is 1. The maximum Gasteiger partial charge on any atom is 0.224 e. The van der Waals surface area contributed by atoms with Crippen molar-refractivity contribution in [1.82, 2.24) is 10.6 Å². The molecule has 1 fully saturated rings. The van der Waals surface area contributed by atoms with Gasteiger partial charge in [0.1, 0.15) is 5.82 Å². The summed E-state index contributed by atoms with van der Waals surface area (Å²) in [6.45, 7) is 1.18. The fraction of sp³-hybridized carbons (Fsp3) is 0.417. The Labute approximate surface area is 104 Å². The number of carbonyl (C=O) groups is 1. The van der Waals surface area contributed by atoms with Crippen molar-refractivity contribution >= 4 is 17.5 Å². The fourth-order valence-corrected chi connectivity index (χ4v) is 2.43. The van der Waals surface area contributed by atoms with E-state index >= 15 is 0 Å². The van der Waals surface area contributed by atoms with E-state index in [1.54, 1.807) is 19.2 Å². The Bertz CT molecular complexity index is 439. The monoisotopic (exact) mass is 256 g/mol. The lowest BCUT2D eigenvalue weighted by Crippen LogP contribution is -2.31. The number of hydrogen-bond acceptors (Lipinski definition) is 2. The molecular weight excluding hydrogens is 243 g/mol. The van der Waals surface area contributed by atoms with Crippen molar-refractivity contribution in [3.63, 3.8) is 0 Å². The summed E-state index contributed by atoms with van der Waals surface area (Å²) in [6, 6.07) is 4.60. The Morgan fingerprint density at radius 2 is 2.29 bits per heavy atom. The van der Waals surface area contributed by atoms with Gasteiger partial charge in [0, 0.05) is 31.1 Å². The first-order valence-electron chi connectivity index (χ1n) is 5.50. The third-order valence-corrected chi connectivity index (χ3v) is 3.39. The molecular formula is C12H14ClFN2O. The van der Waals surface area contributed by atoms with E-state index < -0.39 is 0 Å². The van der Waals surface area contributed by atoms with E-state index in [4.69, 9.17) is 11.6 Å². The maximum atomic E-state index is 13.8. The molecule has 3 nitrogen and oxygen atoms in total. The van der Waals surface area contributed by atoms with Gasteiger partial charge in [0.05, 0.1) is 5.92 Å². The van der Waals surface area contributed by atoms with E-state index in [0.29, 0.717) is 23.7 Å². The lowest BCUT2D eigenvalue weighted by atomic mass is 9.88. The molecule has 5 heteroatoms. The van der Waals surface area contributed by atoms with E-state index in [9.17, 15) is 9.18 Å². The Balaban J connectivity index is 2.29. The number of halogens is 2. The highest BCUT2D eigenvalue weighted by Crippen LogP contribution is 2.31. The summed E-state index contributed by atoms with van der Waals surface area (Å²) in [5, 5.41) is 6.10. The van der Waals surface area contributed by atoms with Gasteiger partial charge in [0.2, 0.25) is 5.91 Å². The second-order valence-electron chi connectivity index (χ2n) is 4.15. The van der Waals surface area contributed by atoms with Crippen molar-refractivity contribution in [3.8, 4) is 0 Å². The molecule has 0 spiro atoms. The summed E-state index contributed by atoms with van der Waals surface area (Å²) in [5.41, 5.74) is 0.549. The second kappa shape index (κ2) is 5.02. The summed E-state index contributed by atoms with van der Waals surface area (Å²) in [4.78, 5) is 11.7. The third-order valence-electron chi connectivity index (χ3n) is 3.16. The van der Waals surface area contributed by atoms with Gasteiger partial charge in [0.25, 0.3) is 0 Å². The van der Waals surface area contributed by atoms with Crippen molar-refractivity contribution in [2.45, 2.75) is 5.92 Å². The molecule has 1 heterocycles. The van der Waals surface area contributed by atoms with Crippen molar-refractivity contribution in [2.75, 3.05) is 20.1 Å². The summed E-state index contributed by atoms with van der Waals surface area (Å²) in [5.74, 6) is -0.766. The fourth-order valence-electron chi connectivity index (χ4n) is 2.27. The SMILES string of the molecule is CNC(=O)[C@H]1CNC[C@@H]1c1ccc(Cl)cc1F. The second-order valence-corrected chi connectivity index (χ2v) is 4.59. The Hall–Kier alpha value is -1.13. The zero-order chi connectivity index (χ0) is 12.4. The number of amides is 1. The molecule has 1 aliphatic heterocycles. The number of hydrogen-bond donors (Lipinski definition) is 2. The highest BCUT2D eigenvalue weighted by Gasteiger charge is 2.34. The van der Waals surface area contributed by atoms with Crippen LogP contribution in [0.15, 0.2) is 18.2 Å². The molecule has 0 aliphatic carbocycles. The molecule has 0 aromatic heterocycles. The van der Waals surface area contributed by atoms with Crippen molar-refractivity contribution < 1.29 is 9.18 Å². The third kappa shape index (κ3) is 2.42. The number of nitrogens with one attached hydrogen (secondary N) is 2. The van der Waals surface area contributed by atoms with E-state index in [2.05, 4.69) is 10.6 Å². The maximum absolute atomic E-state index is 13.8. The van der Waals surface area contributed by atoms with Gasteiger partial charge in [-0.25, -0.2) is 4.39 Å². The summed E-state index contributed by atoms with van der Waals surface area (Å²) in [7, 11) is 1.59. The van der Waals surface area contributed by atoms with E-state index in [1.165, 1.54) is 6.07 Å². The first-order valence-corrected chi connectivity index (χ1v) is 5.88. The lowest BCUT2D eigenvalue weighted by Gasteiger charge is -2.18. The highest BCUT2D eigenvalue weighted by molar-refractivity contribution is 6.30. The van der Waals surface area contributed by atoms with Crippen LogP contribution in [-0.4, -0.2) is 26.0 Å². The number of rotatable bonds is 2. The van der Waals surface area contributed by atoms with Gasteiger partial charge in [-0.15, -0.1) is 0 Å². The molecule has 2 N–H and O–H groups in total. The molecule has 92 valence electrons. The van der Waals surface area contributed by atoms with Crippen LogP contribution in [0.3, 0.4) is 0 Å². The normalized spacial score (nSPS) is 23.7. The van der Waals surface area contributed by atoms with Crippen molar-refractivity contribution in [3.05, 3.63) is 34.6 Å². The van der Waals surface area contributed by atoms with Crippen LogP contribution in [0.2, 0.25) is 5.02 Å². The first kappa shape index (κ1) is 12.3. The van der Waals surface area contributed by atoms with Crippen LogP contribution in [0.5, 0.6) is 0 Å². The summed E-state index contributed by atoms with van der Waals surface area (Å²) in [6.07, 6.45) is 0. The quantitative estimate of drug-likeness (QED) is 0.843. The van der Waals surface area contributed by atoms with Gasteiger partial charge >= 0.3 is 0 Å². The summed E-state index contributed by atoms with van der Waals surface area (Å²) < 4.78 is 13.8. The Morgan fingerprint density at radius 3 is 2.94 bits per heavy atom. The zero-order valence-electron chi connectivity index (χ0n) is 9.47. The predicted octanol–water partition coefficient (Wildman–Crippen LogP) is 1.53. The van der Waals surface area contributed by atoms with Crippen LogP contribution in [0.25, 0.3) is 0 Å². The molecule has 0 radical (unpaired) electrons. The zero-order valence-corrected chi connectivity index (χ0v) is 10.2. The van der Waals surface area contributed by atoms with Gasteiger partial charge in [-0.1, -0.05) is 17.7 Å². The van der Waals surface area contributed by atoms with E-state index in [-0.39, 0.29) is 23.6 Å². The van der Waals surface area contributed by atoms with Crippen LogP contribution in [0, 0.1) is 11.7 Å². The largest absolute Gasteiger partial charge is 0.359 e. The molecule has 17 heavy (non-hydrogen) atoms. The van der Waals surface area contributed by atoms with E-state index in [1.807, 2.05) is 0 Å². The molecule has 1 amide bonds. The minimum Gasteiger partial charge on any atom is -0.359 e. The van der Waals surface area contributed by atoms with Crippen molar-refractivity contribution in [1.29, 1.82) is 0 Å². The topological polar surface area (TPSA) is 41.1 Å². The molecule has 0 bridgehead atoms. The standard InChI is InChI=1S/C12H14ClFN2O/c1-15-12(17)10-6-16-5-9(10)8-3-2-7(13)4-11(8)14/h2-4,9-10,16H,5-6H2,1H3,(H,15,17)/t9-,10+/m1/s1. The molecule has 1 saturated heterocycles. The summed E-state index contributed by atoms with van der Waals surface area (Å²) >= 11 is 5.71.